The maximum absolute atomic E-state index is 6.37. The Morgan fingerprint density at radius 1 is 0.431 bits per heavy atom. The van der Waals surface area contributed by atoms with E-state index >= 15 is 0 Å². The smallest absolute Gasteiger partial charge is 0.227 e. The van der Waals surface area contributed by atoms with E-state index in [0.29, 0.717) is 5.89 Å². The molecule has 0 aliphatic carbocycles. The molecule has 0 saturated carbocycles. The van der Waals surface area contributed by atoms with Gasteiger partial charge in [-0.1, -0.05) is 115 Å². The number of aromatic nitrogens is 1. The molecule has 4 heteroatoms. The lowest BCUT2D eigenvalue weighted by Crippen LogP contribution is -2.09. The molecule has 10 rings (SSSR count). The molecule has 8 aromatic carbocycles. The molecule has 0 saturated heterocycles. The summed E-state index contributed by atoms with van der Waals surface area (Å²) in [6.07, 6.45) is 0. The molecule has 0 aliphatic rings. The third-order valence-corrected chi connectivity index (χ3v) is 10.8. The number of hydrogen-bond donors (Lipinski definition) is 0. The fourth-order valence-electron chi connectivity index (χ4n) is 7.14. The van der Waals surface area contributed by atoms with Crippen molar-refractivity contribution >= 4 is 70.4 Å². The van der Waals surface area contributed by atoms with E-state index in [0.717, 1.165) is 44.9 Å². The van der Waals surface area contributed by atoms with Crippen molar-refractivity contribution < 1.29 is 4.42 Å². The van der Waals surface area contributed by atoms with E-state index in [9.17, 15) is 0 Å². The molecule has 10 aromatic rings. The third kappa shape index (κ3) is 5.25. The quantitative estimate of drug-likeness (QED) is 0.176. The average molecular weight is 671 g/mol. The molecule has 0 aliphatic heterocycles. The number of benzene rings is 8. The lowest BCUT2D eigenvalue weighted by Gasteiger charge is -2.26. The summed E-state index contributed by atoms with van der Waals surface area (Å²) in [6.45, 7) is 0. The Morgan fingerprint density at radius 2 is 1.10 bits per heavy atom. The van der Waals surface area contributed by atoms with Gasteiger partial charge in [0.2, 0.25) is 5.89 Å². The standard InChI is InChI=1S/C47H30N2OS/c1-2-10-34(11-3-1)47-48-43-15-8-14-40(46(43)50-47)33-21-25-38(26-22-33)49(39-27-28-42-41-13-6-7-16-44(41)51-45(42)30-39)37-23-19-32(20-24-37)36-18-17-31-9-4-5-12-35(31)29-36/h1-30H. The van der Waals surface area contributed by atoms with Crippen molar-refractivity contribution in [1.29, 1.82) is 0 Å². The number of thiophene rings is 1. The van der Waals surface area contributed by atoms with Crippen LogP contribution in [0.4, 0.5) is 17.1 Å². The summed E-state index contributed by atoms with van der Waals surface area (Å²) in [5, 5.41) is 5.09. The summed E-state index contributed by atoms with van der Waals surface area (Å²) in [5.41, 5.74) is 10.4. The van der Waals surface area contributed by atoms with Crippen LogP contribution in [0.5, 0.6) is 0 Å². The van der Waals surface area contributed by atoms with Crippen LogP contribution >= 0.6 is 11.3 Å². The van der Waals surface area contributed by atoms with Crippen LogP contribution in [0.25, 0.3) is 75.8 Å². The summed E-state index contributed by atoms with van der Waals surface area (Å²) in [5.74, 6) is 0.629. The zero-order chi connectivity index (χ0) is 33.7. The van der Waals surface area contributed by atoms with Gasteiger partial charge < -0.3 is 9.32 Å². The van der Waals surface area contributed by atoms with Crippen LogP contribution < -0.4 is 4.90 Å². The average Bonchev–Trinajstić information content (AvgIpc) is 3.81. The number of para-hydroxylation sites is 1. The van der Waals surface area contributed by atoms with E-state index < -0.39 is 0 Å². The summed E-state index contributed by atoms with van der Waals surface area (Å²) < 4.78 is 8.95. The van der Waals surface area contributed by atoms with Gasteiger partial charge in [0.05, 0.1) is 0 Å². The molecule has 0 radical (unpaired) electrons. The van der Waals surface area contributed by atoms with Gasteiger partial charge in [0, 0.05) is 48.4 Å². The molecule has 2 aromatic heterocycles. The molecule has 0 spiro atoms. The molecule has 0 amide bonds. The molecule has 0 atom stereocenters. The molecule has 0 bridgehead atoms. The molecular weight excluding hydrogens is 641 g/mol. The van der Waals surface area contributed by atoms with Crippen LogP contribution in [0.3, 0.4) is 0 Å². The Kier molecular flexibility index (Phi) is 7.00. The Balaban J connectivity index is 1.06. The summed E-state index contributed by atoms with van der Waals surface area (Å²) in [6, 6.07) is 64.6. The van der Waals surface area contributed by atoms with Crippen molar-refractivity contribution in [2.24, 2.45) is 0 Å². The second kappa shape index (κ2) is 12.1. The van der Waals surface area contributed by atoms with Gasteiger partial charge in [-0.2, -0.15) is 0 Å². The highest BCUT2D eigenvalue weighted by Gasteiger charge is 2.17. The van der Waals surface area contributed by atoms with Gasteiger partial charge in [-0.05, 0) is 94.2 Å². The maximum Gasteiger partial charge on any atom is 0.227 e. The topological polar surface area (TPSA) is 29.3 Å². The predicted molar refractivity (Wildman–Crippen MR) is 215 cm³/mol. The number of rotatable bonds is 6. The number of nitrogens with zero attached hydrogens (tertiary/aromatic N) is 2. The van der Waals surface area contributed by atoms with E-state index in [2.05, 4.69) is 144 Å². The Bertz CT molecular complexity index is 2850. The molecule has 0 fully saturated rings. The van der Waals surface area contributed by atoms with E-state index in [-0.39, 0.29) is 0 Å². The van der Waals surface area contributed by atoms with Crippen LogP contribution in [0.15, 0.2) is 186 Å². The highest BCUT2D eigenvalue weighted by Crippen LogP contribution is 2.42. The highest BCUT2D eigenvalue weighted by molar-refractivity contribution is 7.25. The Morgan fingerprint density at radius 3 is 1.92 bits per heavy atom. The van der Waals surface area contributed by atoms with Crippen LogP contribution in [0, 0.1) is 0 Å². The molecule has 2 heterocycles. The normalized spacial score (nSPS) is 11.5. The van der Waals surface area contributed by atoms with Crippen molar-refractivity contribution in [3.63, 3.8) is 0 Å². The minimum absolute atomic E-state index is 0.629. The van der Waals surface area contributed by atoms with Crippen LogP contribution in [0.1, 0.15) is 0 Å². The molecule has 51 heavy (non-hydrogen) atoms. The van der Waals surface area contributed by atoms with E-state index in [1.54, 1.807) is 0 Å². The van der Waals surface area contributed by atoms with E-state index in [1.807, 2.05) is 53.8 Å². The molecular formula is C47H30N2OS. The molecule has 0 unspecified atom stereocenters. The number of oxazole rings is 1. The van der Waals surface area contributed by atoms with Gasteiger partial charge >= 0.3 is 0 Å². The fraction of sp³-hybridized carbons (Fsp3) is 0. The summed E-state index contributed by atoms with van der Waals surface area (Å²) in [7, 11) is 0. The Hall–Kier alpha value is -6.49. The van der Waals surface area contributed by atoms with Gasteiger partial charge in [0.15, 0.2) is 5.58 Å². The molecule has 3 nitrogen and oxygen atoms in total. The first-order valence-electron chi connectivity index (χ1n) is 17.1. The van der Waals surface area contributed by atoms with Gasteiger partial charge in [-0.3, -0.25) is 0 Å². The van der Waals surface area contributed by atoms with Crippen LogP contribution in [-0.2, 0) is 0 Å². The van der Waals surface area contributed by atoms with Crippen molar-refractivity contribution in [1.82, 2.24) is 4.98 Å². The largest absolute Gasteiger partial charge is 0.435 e. The third-order valence-electron chi connectivity index (χ3n) is 9.70. The van der Waals surface area contributed by atoms with Crippen molar-refractivity contribution in [3.05, 3.63) is 182 Å². The van der Waals surface area contributed by atoms with E-state index in [4.69, 9.17) is 9.40 Å². The fourth-order valence-corrected chi connectivity index (χ4v) is 8.28. The van der Waals surface area contributed by atoms with Gasteiger partial charge in [0.25, 0.3) is 0 Å². The summed E-state index contributed by atoms with van der Waals surface area (Å²) in [4.78, 5) is 7.15. The zero-order valence-corrected chi connectivity index (χ0v) is 28.3. The summed E-state index contributed by atoms with van der Waals surface area (Å²) >= 11 is 1.84. The lowest BCUT2D eigenvalue weighted by atomic mass is 10.0. The first-order chi connectivity index (χ1) is 25.2. The zero-order valence-electron chi connectivity index (χ0n) is 27.5. The van der Waals surface area contributed by atoms with Crippen molar-refractivity contribution in [2.75, 3.05) is 4.90 Å². The monoisotopic (exact) mass is 670 g/mol. The number of anilines is 3. The van der Waals surface area contributed by atoms with Crippen molar-refractivity contribution in [3.8, 4) is 33.7 Å². The SMILES string of the molecule is c1ccc(-c2nc3cccc(-c4ccc(N(c5ccc(-c6ccc7ccccc7c6)cc5)c5ccc6c(c5)sc5ccccc56)cc4)c3o2)cc1. The first-order valence-corrected chi connectivity index (χ1v) is 17.9. The van der Waals surface area contributed by atoms with Gasteiger partial charge in [0.1, 0.15) is 5.52 Å². The highest BCUT2D eigenvalue weighted by atomic mass is 32.1. The van der Waals surface area contributed by atoms with E-state index in [1.165, 1.54) is 42.1 Å². The van der Waals surface area contributed by atoms with Gasteiger partial charge in [-0.15, -0.1) is 11.3 Å². The van der Waals surface area contributed by atoms with Crippen LogP contribution in [-0.4, -0.2) is 4.98 Å². The lowest BCUT2D eigenvalue weighted by molar-refractivity contribution is 0.621. The second-order valence-corrected chi connectivity index (χ2v) is 13.9. The Labute approximate surface area is 299 Å². The number of fused-ring (bicyclic) bond motifs is 5. The predicted octanol–water partition coefficient (Wildman–Crippen LogP) is 13.8. The van der Waals surface area contributed by atoms with Gasteiger partial charge in [-0.25, -0.2) is 4.98 Å². The van der Waals surface area contributed by atoms with Crippen molar-refractivity contribution in [2.45, 2.75) is 0 Å². The minimum atomic E-state index is 0.629. The molecule has 0 N–H and O–H groups in total. The number of hydrogen-bond acceptors (Lipinski definition) is 4. The molecule has 240 valence electrons. The first kappa shape index (κ1) is 29.4. The minimum Gasteiger partial charge on any atom is -0.435 e. The maximum atomic E-state index is 6.37. The van der Waals surface area contributed by atoms with Crippen LogP contribution in [0.2, 0.25) is 0 Å². The second-order valence-electron chi connectivity index (χ2n) is 12.8.